The van der Waals surface area contributed by atoms with Gasteiger partial charge in [0.2, 0.25) is 0 Å². The van der Waals surface area contributed by atoms with Crippen molar-refractivity contribution in [1.82, 2.24) is 10.3 Å². The second-order valence-corrected chi connectivity index (χ2v) is 5.88. The summed E-state index contributed by atoms with van der Waals surface area (Å²) in [4.78, 5) is 16.2. The molecule has 1 heterocycles. The minimum atomic E-state index is -0.346. The lowest BCUT2D eigenvalue weighted by Gasteiger charge is -2.11. The van der Waals surface area contributed by atoms with Gasteiger partial charge in [-0.2, -0.15) is 0 Å². The van der Waals surface area contributed by atoms with Gasteiger partial charge in [0.1, 0.15) is 6.10 Å². The molecular weight excluding hydrogens is 292 g/mol. The predicted octanol–water partition coefficient (Wildman–Crippen LogP) is 3.20. The molecule has 1 fully saturated rings. The van der Waals surface area contributed by atoms with Crippen LogP contribution in [0, 0.1) is 0 Å². The summed E-state index contributed by atoms with van der Waals surface area (Å²) in [5.41, 5.74) is 3.17. The predicted molar refractivity (Wildman–Crippen MR) is 88.3 cm³/mol. The maximum Gasteiger partial charge on any atom is 0.407 e. The summed E-state index contributed by atoms with van der Waals surface area (Å²) in [6.45, 7) is 1.17. The first-order valence-electron chi connectivity index (χ1n) is 8.06. The minimum absolute atomic E-state index is 0.116. The van der Waals surface area contributed by atoms with Gasteiger partial charge in [0.05, 0.1) is 5.52 Å². The molecule has 0 radical (unpaired) electrons. The van der Waals surface area contributed by atoms with E-state index in [1.54, 1.807) is 13.3 Å². The number of aromatic nitrogens is 1. The number of pyridine rings is 1. The number of aryl methyl sites for hydroxylation is 1. The molecule has 1 amide bonds. The van der Waals surface area contributed by atoms with Crippen LogP contribution in [0.15, 0.2) is 30.5 Å². The summed E-state index contributed by atoms with van der Waals surface area (Å²) in [6.07, 6.45) is 5.42. The summed E-state index contributed by atoms with van der Waals surface area (Å²) in [6, 6.07) is 8.25. The molecular formula is C18H22N2O3. The van der Waals surface area contributed by atoms with Gasteiger partial charge in [0, 0.05) is 31.8 Å². The van der Waals surface area contributed by atoms with Crippen molar-refractivity contribution in [2.75, 3.05) is 13.7 Å². The van der Waals surface area contributed by atoms with Gasteiger partial charge in [-0.15, -0.1) is 0 Å². The molecule has 3 rings (SSSR count). The molecule has 1 aliphatic rings. The smallest absolute Gasteiger partial charge is 0.407 e. The third-order valence-electron chi connectivity index (χ3n) is 3.88. The molecule has 1 aliphatic carbocycles. The molecule has 5 heteroatoms. The third kappa shape index (κ3) is 4.42. The summed E-state index contributed by atoms with van der Waals surface area (Å²) in [5, 5.41) is 3.92. The third-order valence-corrected chi connectivity index (χ3v) is 3.88. The van der Waals surface area contributed by atoms with E-state index in [2.05, 4.69) is 22.4 Å². The van der Waals surface area contributed by atoms with E-state index < -0.39 is 0 Å². The van der Waals surface area contributed by atoms with Gasteiger partial charge in [0.25, 0.3) is 0 Å². The van der Waals surface area contributed by atoms with Crippen LogP contribution in [0.3, 0.4) is 0 Å². The van der Waals surface area contributed by atoms with Crippen molar-refractivity contribution in [2.45, 2.75) is 38.3 Å². The minimum Gasteiger partial charge on any atom is -0.446 e. The van der Waals surface area contributed by atoms with Crippen LogP contribution >= 0.6 is 0 Å². The number of nitrogens with zero attached hydrogens (tertiary/aromatic N) is 1. The number of methoxy groups -OCH3 is 1. The Morgan fingerprint density at radius 2 is 2.26 bits per heavy atom. The van der Waals surface area contributed by atoms with Crippen molar-refractivity contribution >= 4 is 17.0 Å². The van der Waals surface area contributed by atoms with Gasteiger partial charge >= 0.3 is 6.09 Å². The van der Waals surface area contributed by atoms with Crippen LogP contribution in [0.25, 0.3) is 10.9 Å². The monoisotopic (exact) mass is 314 g/mol. The van der Waals surface area contributed by atoms with Gasteiger partial charge in [-0.25, -0.2) is 4.79 Å². The molecule has 0 saturated heterocycles. The molecule has 0 bridgehead atoms. The first kappa shape index (κ1) is 15.7. The van der Waals surface area contributed by atoms with Gasteiger partial charge < -0.3 is 14.8 Å². The van der Waals surface area contributed by atoms with Crippen LogP contribution < -0.4 is 5.32 Å². The number of ether oxygens (including phenoxy) is 2. The second kappa shape index (κ2) is 7.42. The van der Waals surface area contributed by atoms with Crippen molar-refractivity contribution in [1.29, 1.82) is 0 Å². The van der Waals surface area contributed by atoms with E-state index >= 15 is 0 Å². The molecule has 1 aromatic heterocycles. The van der Waals surface area contributed by atoms with E-state index in [0.29, 0.717) is 6.54 Å². The van der Waals surface area contributed by atoms with Crippen LogP contribution in [-0.4, -0.2) is 30.9 Å². The van der Waals surface area contributed by atoms with E-state index in [4.69, 9.17) is 9.47 Å². The topological polar surface area (TPSA) is 60.5 Å². The number of alkyl carbamates (subject to hydrolysis) is 1. The average Bonchev–Trinajstić information content (AvgIpc) is 3.37. The van der Waals surface area contributed by atoms with Crippen LogP contribution in [0.4, 0.5) is 4.79 Å². The Balaban J connectivity index is 1.73. The van der Waals surface area contributed by atoms with Crippen LogP contribution in [-0.2, 0) is 22.4 Å². The molecule has 0 unspecified atom stereocenters. The lowest BCUT2D eigenvalue weighted by atomic mass is 10.0. The highest BCUT2D eigenvalue weighted by Crippen LogP contribution is 2.24. The molecule has 0 atom stereocenters. The largest absolute Gasteiger partial charge is 0.446 e. The number of benzene rings is 1. The van der Waals surface area contributed by atoms with Gasteiger partial charge in [-0.1, -0.05) is 12.1 Å². The molecule has 122 valence electrons. The number of fused-ring (bicyclic) bond motifs is 1. The molecule has 0 aliphatic heterocycles. The molecule has 2 aromatic rings. The number of carbonyl (C=O) groups excluding carboxylic acids is 1. The van der Waals surface area contributed by atoms with Crippen molar-refractivity contribution in [3.63, 3.8) is 0 Å². The fourth-order valence-corrected chi connectivity index (χ4v) is 2.58. The lowest BCUT2D eigenvalue weighted by molar-refractivity contribution is 0.138. The molecule has 5 nitrogen and oxygen atoms in total. The summed E-state index contributed by atoms with van der Waals surface area (Å²) in [5.74, 6) is 0. The molecule has 1 aromatic carbocycles. The summed E-state index contributed by atoms with van der Waals surface area (Å²) >= 11 is 0. The first-order chi connectivity index (χ1) is 11.3. The van der Waals surface area contributed by atoms with Crippen molar-refractivity contribution in [2.24, 2.45) is 0 Å². The second-order valence-electron chi connectivity index (χ2n) is 5.88. The highest BCUT2D eigenvalue weighted by Gasteiger charge is 2.25. The number of rotatable bonds is 7. The normalized spacial score (nSPS) is 14.0. The van der Waals surface area contributed by atoms with E-state index in [1.807, 2.05) is 12.1 Å². The number of hydrogen-bond acceptors (Lipinski definition) is 4. The van der Waals surface area contributed by atoms with Gasteiger partial charge in [-0.05, 0) is 48.9 Å². The van der Waals surface area contributed by atoms with Crippen LogP contribution in [0.1, 0.15) is 30.4 Å². The Hall–Kier alpha value is -2.14. The number of carbonyl (C=O) groups is 1. The highest BCUT2D eigenvalue weighted by atomic mass is 16.6. The maximum absolute atomic E-state index is 11.7. The van der Waals surface area contributed by atoms with E-state index in [9.17, 15) is 4.79 Å². The van der Waals surface area contributed by atoms with E-state index in [1.165, 1.54) is 5.56 Å². The Labute approximate surface area is 136 Å². The fourth-order valence-electron chi connectivity index (χ4n) is 2.58. The van der Waals surface area contributed by atoms with Crippen molar-refractivity contribution in [3.05, 3.63) is 41.6 Å². The average molecular weight is 314 g/mol. The van der Waals surface area contributed by atoms with Gasteiger partial charge in [-0.3, -0.25) is 4.98 Å². The van der Waals surface area contributed by atoms with Crippen molar-refractivity contribution in [3.8, 4) is 0 Å². The Morgan fingerprint density at radius 1 is 1.39 bits per heavy atom. The van der Waals surface area contributed by atoms with E-state index in [-0.39, 0.29) is 12.2 Å². The van der Waals surface area contributed by atoms with E-state index in [0.717, 1.165) is 48.8 Å². The highest BCUT2D eigenvalue weighted by molar-refractivity contribution is 5.83. The Morgan fingerprint density at radius 3 is 3.04 bits per heavy atom. The molecule has 0 spiro atoms. The SMILES string of the molecule is COCCCc1cc(CNC(=O)OC2CC2)c2ncccc2c1. The molecule has 1 N–H and O–H groups in total. The van der Waals surface area contributed by atoms with Crippen LogP contribution in [0.5, 0.6) is 0 Å². The summed E-state index contributed by atoms with van der Waals surface area (Å²) in [7, 11) is 1.71. The number of amides is 1. The lowest BCUT2D eigenvalue weighted by Crippen LogP contribution is -2.24. The standard InChI is InChI=1S/C18H22N2O3/c1-22-9-3-4-13-10-14-5-2-8-19-17(14)15(11-13)12-20-18(21)23-16-6-7-16/h2,5,8,10-11,16H,3-4,6-7,9,12H2,1H3,(H,20,21). The first-order valence-corrected chi connectivity index (χ1v) is 8.06. The quantitative estimate of drug-likeness (QED) is 0.797. The molecule has 23 heavy (non-hydrogen) atoms. The Bertz CT molecular complexity index is 683. The number of nitrogens with one attached hydrogen (secondary N) is 1. The van der Waals surface area contributed by atoms with Gasteiger partial charge in [0.15, 0.2) is 0 Å². The number of hydrogen-bond donors (Lipinski definition) is 1. The zero-order valence-electron chi connectivity index (χ0n) is 13.4. The van der Waals surface area contributed by atoms with Crippen molar-refractivity contribution < 1.29 is 14.3 Å². The fraction of sp³-hybridized carbons (Fsp3) is 0.444. The zero-order valence-corrected chi connectivity index (χ0v) is 13.4. The Kier molecular flexibility index (Phi) is 5.08. The zero-order chi connectivity index (χ0) is 16.1. The van der Waals surface area contributed by atoms with Crippen LogP contribution in [0.2, 0.25) is 0 Å². The summed E-state index contributed by atoms with van der Waals surface area (Å²) < 4.78 is 10.3. The molecule has 1 saturated carbocycles. The maximum atomic E-state index is 11.7.